The molecule has 6 nitrogen and oxygen atoms in total. The molecule has 4 aromatic rings. The third kappa shape index (κ3) is 4.57. The van der Waals surface area contributed by atoms with Crippen LogP contribution >= 0.6 is 11.6 Å². The van der Waals surface area contributed by atoms with Crippen LogP contribution in [0, 0.1) is 0 Å². The average Bonchev–Trinajstić information content (AvgIpc) is 3.52. The highest BCUT2D eigenvalue weighted by Crippen LogP contribution is 2.33. The van der Waals surface area contributed by atoms with Crippen LogP contribution in [0.5, 0.6) is 0 Å². The van der Waals surface area contributed by atoms with Gasteiger partial charge in [-0.05, 0) is 87.4 Å². The van der Waals surface area contributed by atoms with Crippen LogP contribution in [-0.4, -0.2) is 62.9 Å². The van der Waals surface area contributed by atoms with E-state index in [-0.39, 0.29) is 11.9 Å². The zero-order valence-corrected chi connectivity index (χ0v) is 20.7. The van der Waals surface area contributed by atoms with Crippen molar-refractivity contribution < 1.29 is 4.79 Å². The summed E-state index contributed by atoms with van der Waals surface area (Å²) < 4.78 is 0. The molecule has 0 saturated carbocycles. The van der Waals surface area contributed by atoms with Crippen molar-refractivity contribution in [3.05, 3.63) is 65.1 Å². The molecule has 1 unspecified atom stereocenters. The van der Waals surface area contributed by atoms with Gasteiger partial charge in [0, 0.05) is 41.3 Å². The van der Waals surface area contributed by atoms with Crippen LogP contribution in [0.1, 0.15) is 60.6 Å². The van der Waals surface area contributed by atoms with Crippen molar-refractivity contribution in [2.75, 3.05) is 26.2 Å². The highest BCUT2D eigenvalue weighted by atomic mass is 35.5. The van der Waals surface area contributed by atoms with Crippen LogP contribution in [0.25, 0.3) is 21.9 Å². The second-order valence-corrected chi connectivity index (χ2v) is 10.5. The van der Waals surface area contributed by atoms with E-state index in [1.165, 1.54) is 35.7 Å². The van der Waals surface area contributed by atoms with E-state index < -0.39 is 0 Å². The molecule has 1 atom stereocenters. The number of benzene rings is 2. The van der Waals surface area contributed by atoms with Crippen LogP contribution in [-0.2, 0) is 0 Å². The van der Waals surface area contributed by atoms with Crippen molar-refractivity contribution in [1.82, 2.24) is 24.8 Å². The van der Waals surface area contributed by atoms with Gasteiger partial charge in [-0.1, -0.05) is 29.8 Å². The average molecular weight is 490 g/mol. The van der Waals surface area contributed by atoms with Crippen molar-refractivity contribution in [1.29, 1.82) is 0 Å². The number of para-hydroxylation sites is 1. The summed E-state index contributed by atoms with van der Waals surface area (Å²) in [7, 11) is 0. The Hall–Kier alpha value is -2.83. The molecule has 2 N–H and O–H groups in total. The topological polar surface area (TPSA) is 68.0 Å². The Morgan fingerprint density at radius 3 is 2.77 bits per heavy atom. The largest absolute Gasteiger partial charge is 0.361 e. The van der Waals surface area contributed by atoms with E-state index in [4.69, 9.17) is 11.6 Å². The minimum atomic E-state index is 0.0140. The van der Waals surface area contributed by atoms with Gasteiger partial charge in [0.15, 0.2) is 5.82 Å². The molecule has 2 aliphatic heterocycles. The Bertz CT molecular complexity index is 1340. The fourth-order valence-corrected chi connectivity index (χ4v) is 6.19. The quantitative estimate of drug-likeness (QED) is 0.363. The summed E-state index contributed by atoms with van der Waals surface area (Å²) >= 11 is 6.11. The highest BCUT2D eigenvalue weighted by molar-refractivity contribution is 6.31. The summed E-state index contributed by atoms with van der Waals surface area (Å²) in [5.74, 6) is 1.06. The van der Waals surface area contributed by atoms with E-state index in [9.17, 15) is 4.79 Å². The molecule has 2 aromatic carbocycles. The zero-order valence-electron chi connectivity index (χ0n) is 20.0. The summed E-state index contributed by atoms with van der Waals surface area (Å²) in [5.41, 5.74) is 4.30. The first-order valence-corrected chi connectivity index (χ1v) is 13.3. The molecule has 0 aliphatic carbocycles. The maximum atomic E-state index is 13.4. The van der Waals surface area contributed by atoms with Gasteiger partial charge in [0.1, 0.15) is 0 Å². The van der Waals surface area contributed by atoms with Crippen LogP contribution in [0.4, 0.5) is 0 Å². The lowest BCUT2D eigenvalue weighted by molar-refractivity contribution is 0.0567. The van der Waals surface area contributed by atoms with Crippen LogP contribution < -0.4 is 0 Å². The lowest BCUT2D eigenvalue weighted by Gasteiger charge is -2.38. The van der Waals surface area contributed by atoms with E-state index in [2.05, 4.69) is 55.2 Å². The van der Waals surface area contributed by atoms with E-state index in [1.54, 1.807) is 0 Å². The number of halogens is 1. The number of nitrogens with zero attached hydrogens (tertiary/aromatic N) is 3. The molecule has 2 aliphatic rings. The lowest BCUT2D eigenvalue weighted by atomic mass is 9.89. The van der Waals surface area contributed by atoms with Crippen molar-refractivity contribution in [3.63, 3.8) is 0 Å². The fourth-order valence-electron chi connectivity index (χ4n) is 6.02. The van der Waals surface area contributed by atoms with Gasteiger partial charge in [-0.25, -0.2) is 4.98 Å². The van der Waals surface area contributed by atoms with Gasteiger partial charge in [-0.3, -0.25) is 4.79 Å². The maximum Gasteiger partial charge on any atom is 0.289 e. The van der Waals surface area contributed by atoms with E-state index >= 15 is 0 Å². The zero-order chi connectivity index (χ0) is 23.8. The number of imidazole rings is 1. The number of aromatic amines is 2. The Balaban J connectivity index is 1.07. The Labute approximate surface area is 210 Å². The number of nitrogens with one attached hydrogen (secondary N) is 2. The van der Waals surface area contributed by atoms with Gasteiger partial charge >= 0.3 is 0 Å². The standard InChI is InChI=1S/C28H32ClN5O/c29-20-8-9-25-26(17-20)32-27(31-25)28(35)34-13-4-3-5-21(34)12-16-33-14-10-19(11-15-33)23-18-30-24-7-2-1-6-22(23)24/h1-2,6-9,17-19,21,30H,3-5,10-16H2,(H,31,32). The minimum absolute atomic E-state index is 0.0140. The molecule has 0 bridgehead atoms. The van der Waals surface area contributed by atoms with Gasteiger partial charge in [-0.2, -0.15) is 0 Å². The number of H-pyrrole nitrogens is 2. The first kappa shape index (κ1) is 22.6. The van der Waals surface area contributed by atoms with Crippen molar-refractivity contribution in [2.45, 2.75) is 50.5 Å². The number of likely N-dealkylation sites (tertiary alicyclic amines) is 2. The third-order valence-corrected chi connectivity index (χ3v) is 8.20. The number of carbonyl (C=O) groups is 1. The second-order valence-electron chi connectivity index (χ2n) is 10.1. The molecule has 2 saturated heterocycles. The van der Waals surface area contributed by atoms with Crippen LogP contribution in [0.3, 0.4) is 0 Å². The minimum Gasteiger partial charge on any atom is -0.361 e. The van der Waals surface area contributed by atoms with Gasteiger partial charge in [0.2, 0.25) is 0 Å². The summed E-state index contributed by atoms with van der Waals surface area (Å²) in [6.45, 7) is 4.10. The van der Waals surface area contributed by atoms with Gasteiger partial charge in [-0.15, -0.1) is 0 Å². The van der Waals surface area contributed by atoms with Crippen LogP contribution in [0.2, 0.25) is 5.02 Å². The summed E-state index contributed by atoms with van der Waals surface area (Å²) in [6, 6.07) is 14.4. The maximum absolute atomic E-state index is 13.4. The first-order valence-electron chi connectivity index (χ1n) is 12.9. The fraction of sp³-hybridized carbons (Fsp3) is 0.429. The molecule has 2 fully saturated rings. The van der Waals surface area contributed by atoms with Gasteiger partial charge in [0.05, 0.1) is 11.0 Å². The molecular formula is C28H32ClN5O. The van der Waals surface area contributed by atoms with Crippen LogP contribution in [0.15, 0.2) is 48.7 Å². The molecule has 2 aromatic heterocycles. The van der Waals surface area contributed by atoms with Crippen molar-refractivity contribution in [3.8, 4) is 0 Å². The van der Waals surface area contributed by atoms with Crippen molar-refractivity contribution in [2.24, 2.45) is 0 Å². The van der Waals surface area contributed by atoms with E-state index in [0.717, 1.165) is 56.5 Å². The number of aromatic nitrogens is 3. The van der Waals surface area contributed by atoms with Gasteiger partial charge in [0.25, 0.3) is 5.91 Å². The normalized spacial score (nSPS) is 20.1. The number of rotatable bonds is 5. The molecule has 6 rings (SSSR count). The summed E-state index contributed by atoms with van der Waals surface area (Å²) in [4.78, 5) is 29.2. The summed E-state index contributed by atoms with van der Waals surface area (Å²) in [5, 5.41) is 2.01. The Morgan fingerprint density at radius 1 is 1.03 bits per heavy atom. The molecule has 7 heteroatoms. The van der Waals surface area contributed by atoms with Crippen molar-refractivity contribution >= 4 is 39.4 Å². The molecule has 35 heavy (non-hydrogen) atoms. The lowest BCUT2D eigenvalue weighted by Crippen LogP contribution is -2.46. The molecular weight excluding hydrogens is 458 g/mol. The number of hydrogen-bond donors (Lipinski definition) is 2. The molecule has 182 valence electrons. The molecule has 0 spiro atoms. The second kappa shape index (κ2) is 9.67. The summed E-state index contributed by atoms with van der Waals surface area (Å²) in [6.07, 6.45) is 8.94. The van der Waals surface area contributed by atoms with E-state index in [0.29, 0.717) is 16.8 Å². The SMILES string of the molecule is O=C(c1nc2ccc(Cl)cc2[nH]1)N1CCCCC1CCN1CCC(c2c[nH]c3ccccc23)CC1. The molecule has 0 radical (unpaired) electrons. The molecule has 4 heterocycles. The molecule has 1 amide bonds. The Kier molecular flexibility index (Phi) is 6.25. The monoisotopic (exact) mass is 489 g/mol. The highest BCUT2D eigenvalue weighted by Gasteiger charge is 2.30. The third-order valence-electron chi connectivity index (χ3n) is 7.96. The number of hydrogen-bond acceptors (Lipinski definition) is 3. The smallest absolute Gasteiger partial charge is 0.289 e. The number of piperidine rings is 2. The van der Waals surface area contributed by atoms with Gasteiger partial charge < -0.3 is 19.8 Å². The number of carbonyl (C=O) groups excluding carboxylic acids is 1. The van der Waals surface area contributed by atoms with E-state index in [1.807, 2.05) is 18.2 Å². The Morgan fingerprint density at radius 2 is 1.89 bits per heavy atom. The number of amides is 1. The first-order chi connectivity index (χ1) is 17.2. The predicted molar refractivity (Wildman–Crippen MR) is 141 cm³/mol. The predicted octanol–water partition coefficient (Wildman–Crippen LogP) is 5.96. The number of fused-ring (bicyclic) bond motifs is 2.